The van der Waals surface area contributed by atoms with Crippen molar-refractivity contribution in [2.24, 2.45) is 5.73 Å². The van der Waals surface area contributed by atoms with Crippen LogP contribution in [0.15, 0.2) is 0 Å². The molecule has 0 aromatic heterocycles. The number of hydrogen-bond donors (Lipinski definition) is 1. The molecule has 21 heavy (non-hydrogen) atoms. The molecule has 0 bridgehead atoms. The maximum absolute atomic E-state index is 12.6. The molecule has 2 aliphatic rings. The monoisotopic (exact) mass is 296 g/mol. The van der Waals surface area contributed by atoms with Gasteiger partial charge in [-0.05, 0) is 45.7 Å². The van der Waals surface area contributed by atoms with Crippen LogP contribution in [0.1, 0.15) is 39.0 Å². The SMILES string of the molecule is CCN(CCN1CCCCC1)C(=O)C1CCCN1C(N)=O. The van der Waals surface area contributed by atoms with E-state index in [2.05, 4.69) is 4.90 Å². The number of piperidine rings is 1. The molecule has 6 heteroatoms. The second-order valence-electron chi connectivity index (χ2n) is 6.01. The molecule has 0 aliphatic carbocycles. The Kier molecular flexibility index (Phi) is 5.85. The van der Waals surface area contributed by atoms with Crippen LogP contribution in [0.3, 0.4) is 0 Å². The number of nitrogens with zero attached hydrogens (tertiary/aromatic N) is 3. The fourth-order valence-corrected chi connectivity index (χ4v) is 3.37. The summed E-state index contributed by atoms with van der Waals surface area (Å²) in [4.78, 5) is 29.8. The van der Waals surface area contributed by atoms with Crippen LogP contribution in [0.2, 0.25) is 0 Å². The van der Waals surface area contributed by atoms with Gasteiger partial charge in [-0.1, -0.05) is 6.42 Å². The molecule has 2 heterocycles. The number of carbonyl (C=O) groups is 2. The number of rotatable bonds is 5. The highest BCUT2D eigenvalue weighted by Crippen LogP contribution is 2.19. The molecule has 2 aliphatic heterocycles. The second-order valence-corrected chi connectivity index (χ2v) is 6.01. The van der Waals surface area contributed by atoms with Crippen LogP contribution in [0.5, 0.6) is 0 Å². The van der Waals surface area contributed by atoms with Crippen LogP contribution in [0.25, 0.3) is 0 Å². The Labute approximate surface area is 127 Å². The van der Waals surface area contributed by atoms with E-state index in [1.54, 1.807) is 0 Å². The van der Waals surface area contributed by atoms with E-state index < -0.39 is 6.03 Å². The van der Waals surface area contributed by atoms with E-state index in [0.717, 1.165) is 39.0 Å². The van der Waals surface area contributed by atoms with E-state index in [4.69, 9.17) is 5.73 Å². The lowest BCUT2D eigenvalue weighted by molar-refractivity contribution is -0.135. The van der Waals surface area contributed by atoms with Gasteiger partial charge in [0.2, 0.25) is 5.91 Å². The van der Waals surface area contributed by atoms with E-state index in [9.17, 15) is 9.59 Å². The van der Waals surface area contributed by atoms with Crippen molar-refractivity contribution in [3.8, 4) is 0 Å². The number of amides is 3. The quantitative estimate of drug-likeness (QED) is 0.818. The zero-order chi connectivity index (χ0) is 15.2. The molecule has 2 saturated heterocycles. The number of likely N-dealkylation sites (N-methyl/N-ethyl adjacent to an activating group) is 1. The molecule has 0 radical (unpaired) electrons. The molecule has 2 N–H and O–H groups in total. The van der Waals surface area contributed by atoms with Crippen LogP contribution >= 0.6 is 0 Å². The molecule has 2 fully saturated rings. The Morgan fingerprint density at radius 1 is 1.14 bits per heavy atom. The Morgan fingerprint density at radius 3 is 2.48 bits per heavy atom. The molecule has 3 amide bonds. The van der Waals surface area contributed by atoms with Crippen molar-refractivity contribution in [3.05, 3.63) is 0 Å². The van der Waals surface area contributed by atoms with Gasteiger partial charge in [0.25, 0.3) is 0 Å². The predicted molar refractivity (Wildman–Crippen MR) is 81.9 cm³/mol. The molecular formula is C15H28N4O2. The summed E-state index contributed by atoms with van der Waals surface area (Å²) in [6, 6.07) is -0.818. The van der Waals surface area contributed by atoms with Gasteiger partial charge in [-0.25, -0.2) is 4.79 Å². The minimum Gasteiger partial charge on any atom is -0.351 e. The van der Waals surface area contributed by atoms with E-state index in [0.29, 0.717) is 13.1 Å². The highest BCUT2D eigenvalue weighted by molar-refractivity contribution is 5.87. The largest absolute Gasteiger partial charge is 0.351 e. The smallest absolute Gasteiger partial charge is 0.315 e. The van der Waals surface area contributed by atoms with E-state index >= 15 is 0 Å². The Morgan fingerprint density at radius 2 is 1.86 bits per heavy atom. The predicted octanol–water partition coefficient (Wildman–Crippen LogP) is 0.864. The summed E-state index contributed by atoms with van der Waals surface area (Å²) in [6.45, 7) is 7.26. The zero-order valence-corrected chi connectivity index (χ0v) is 13.1. The summed E-state index contributed by atoms with van der Waals surface area (Å²) < 4.78 is 0. The maximum atomic E-state index is 12.6. The van der Waals surface area contributed by atoms with Gasteiger partial charge in [0.15, 0.2) is 0 Å². The Hall–Kier alpha value is -1.30. The van der Waals surface area contributed by atoms with Gasteiger partial charge >= 0.3 is 6.03 Å². The molecule has 1 atom stereocenters. The average molecular weight is 296 g/mol. The van der Waals surface area contributed by atoms with E-state index in [1.807, 2.05) is 11.8 Å². The first kappa shape index (κ1) is 16.1. The molecule has 2 rings (SSSR count). The van der Waals surface area contributed by atoms with Crippen molar-refractivity contribution in [1.82, 2.24) is 14.7 Å². The summed E-state index contributed by atoms with van der Waals surface area (Å²) >= 11 is 0. The molecule has 120 valence electrons. The first-order valence-corrected chi connectivity index (χ1v) is 8.20. The summed E-state index contributed by atoms with van der Waals surface area (Å²) in [5.74, 6) is 0.0609. The third-order valence-electron chi connectivity index (χ3n) is 4.65. The number of hydrogen-bond acceptors (Lipinski definition) is 3. The number of likely N-dealkylation sites (tertiary alicyclic amines) is 2. The third kappa shape index (κ3) is 4.09. The number of nitrogens with two attached hydrogens (primary N) is 1. The fourth-order valence-electron chi connectivity index (χ4n) is 3.37. The zero-order valence-electron chi connectivity index (χ0n) is 13.1. The van der Waals surface area contributed by atoms with Gasteiger partial charge in [-0.3, -0.25) is 4.79 Å². The van der Waals surface area contributed by atoms with Gasteiger partial charge in [0.1, 0.15) is 6.04 Å². The summed E-state index contributed by atoms with van der Waals surface area (Å²) in [7, 11) is 0. The first-order chi connectivity index (χ1) is 10.1. The van der Waals surface area contributed by atoms with Crippen molar-refractivity contribution in [3.63, 3.8) is 0 Å². The van der Waals surface area contributed by atoms with Crippen molar-refractivity contribution >= 4 is 11.9 Å². The van der Waals surface area contributed by atoms with E-state index in [1.165, 1.54) is 24.2 Å². The number of urea groups is 1. The minimum absolute atomic E-state index is 0.0609. The van der Waals surface area contributed by atoms with Gasteiger partial charge < -0.3 is 20.4 Å². The Bertz CT molecular complexity index is 369. The van der Waals surface area contributed by atoms with Crippen LogP contribution in [0.4, 0.5) is 4.79 Å². The second kappa shape index (κ2) is 7.64. The molecule has 6 nitrogen and oxygen atoms in total. The fraction of sp³-hybridized carbons (Fsp3) is 0.867. The molecule has 0 aromatic rings. The molecule has 0 spiro atoms. The summed E-state index contributed by atoms with van der Waals surface area (Å²) in [5.41, 5.74) is 5.37. The summed E-state index contributed by atoms with van der Waals surface area (Å²) in [6.07, 6.45) is 5.45. The molecule has 1 unspecified atom stereocenters. The highest BCUT2D eigenvalue weighted by atomic mass is 16.2. The van der Waals surface area contributed by atoms with Gasteiger partial charge in [-0.15, -0.1) is 0 Å². The van der Waals surface area contributed by atoms with Crippen LogP contribution < -0.4 is 5.73 Å². The number of carbonyl (C=O) groups excluding carboxylic acids is 2. The van der Waals surface area contributed by atoms with Gasteiger partial charge in [-0.2, -0.15) is 0 Å². The normalized spacial score (nSPS) is 23.3. The lowest BCUT2D eigenvalue weighted by Gasteiger charge is -2.32. The van der Waals surface area contributed by atoms with Crippen LogP contribution in [-0.4, -0.2) is 71.9 Å². The Balaban J connectivity index is 1.87. The topological polar surface area (TPSA) is 69.9 Å². The average Bonchev–Trinajstić information content (AvgIpc) is 2.98. The van der Waals surface area contributed by atoms with Gasteiger partial charge in [0.05, 0.1) is 0 Å². The summed E-state index contributed by atoms with van der Waals surface area (Å²) in [5, 5.41) is 0. The molecule has 0 saturated carbocycles. The molecular weight excluding hydrogens is 268 g/mol. The minimum atomic E-state index is -0.474. The standard InChI is InChI=1S/C15H28N4O2/c1-2-18(12-11-17-8-4-3-5-9-17)14(20)13-7-6-10-19(13)15(16)21/h13H,2-12H2,1H3,(H2,16,21). The van der Waals surface area contributed by atoms with Crippen LogP contribution in [-0.2, 0) is 4.79 Å². The van der Waals surface area contributed by atoms with Gasteiger partial charge in [0, 0.05) is 26.2 Å². The lowest BCUT2D eigenvalue weighted by atomic mass is 10.1. The van der Waals surface area contributed by atoms with Crippen LogP contribution in [0, 0.1) is 0 Å². The highest BCUT2D eigenvalue weighted by Gasteiger charge is 2.35. The van der Waals surface area contributed by atoms with Crippen molar-refractivity contribution in [2.75, 3.05) is 39.3 Å². The van der Waals surface area contributed by atoms with E-state index in [-0.39, 0.29) is 11.9 Å². The third-order valence-corrected chi connectivity index (χ3v) is 4.65. The van der Waals surface area contributed by atoms with Crippen molar-refractivity contribution < 1.29 is 9.59 Å². The van der Waals surface area contributed by atoms with Crippen molar-refractivity contribution in [2.45, 2.75) is 45.1 Å². The maximum Gasteiger partial charge on any atom is 0.315 e. The first-order valence-electron chi connectivity index (χ1n) is 8.20. The van der Waals surface area contributed by atoms with Crippen molar-refractivity contribution in [1.29, 1.82) is 0 Å². The number of primary amides is 1. The molecule has 0 aromatic carbocycles. The lowest BCUT2D eigenvalue weighted by Crippen LogP contribution is -2.51.